The number of nitriles is 1. The molecule has 0 amide bonds. The second-order valence-electron chi connectivity index (χ2n) is 2.78. The third-order valence-electron chi connectivity index (χ3n) is 1.87. The highest BCUT2D eigenvalue weighted by atomic mass is 35.5. The molecule has 2 aromatic heterocycles. The second kappa shape index (κ2) is 2.75. The van der Waals surface area contributed by atoms with Crippen LogP contribution in [-0.2, 0) is 0 Å². The molecule has 2 aromatic rings. The largest absolute Gasteiger partial charge is 0.304 e. The smallest absolute Gasteiger partial charge is 0.159 e. The van der Waals surface area contributed by atoms with Crippen LogP contribution >= 0.6 is 11.6 Å². The van der Waals surface area contributed by atoms with Gasteiger partial charge in [-0.2, -0.15) is 5.26 Å². The standard InChI is InChI=1S/C9H6ClN3/c1-6-2-3-13-5-7(4-11)12-9(13)8(6)10/h2-3,5H,1H3. The van der Waals surface area contributed by atoms with Gasteiger partial charge in [0.05, 0.1) is 5.02 Å². The van der Waals surface area contributed by atoms with Crippen molar-refractivity contribution in [2.24, 2.45) is 0 Å². The zero-order chi connectivity index (χ0) is 9.42. The highest BCUT2D eigenvalue weighted by Crippen LogP contribution is 2.20. The van der Waals surface area contributed by atoms with Crippen LogP contribution in [0.2, 0.25) is 5.02 Å². The molecule has 0 aliphatic heterocycles. The van der Waals surface area contributed by atoms with Crippen molar-refractivity contribution in [1.82, 2.24) is 9.38 Å². The van der Waals surface area contributed by atoms with Gasteiger partial charge in [-0.1, -0.05) is 11.6 Å². The number of hydrogen-bond donors (Lipinski definition) is 0. The van der Waals surface area contributed by atoms with Crippen molar-refractivity contribution in [3.8, 4) is 6.07 Å². The first kappa shape index (κ1) is 8.09. The van der Waals surface area contributed by atoms with Crippen molar-refractivity contribution in [3.05, 3.63) is 34.7 Å². The van der Waals surface area contributed by atoms with Gasteiger partial charge in [0.2, 0.25) is 0 Å². The van der Waals surface area contributed by atoms with E-state index in [0.717, 1.165) is 5.56 Å². The van der Waals surface area contributed by atoms with Gasteiger partial charge in [0.25, 0.3) is 0 Å². The summed E-state index contributed by atoms with van der Waals surface area (Å²) < 4.78 is 1.74. The summed E-state index contributed by atoms with van der Waals surface area (Å²) in [5.41, 5.74) is 1.98. The average Bonchev–Trinajstić information content (AvgIpc) is 2.55. The minimum absolute atomic E-state index is 0.382. The number of halogens is 1. The minimum atomic E-state index is 0.382. The Kier molecular flexibility index (Phi) is 1.71. The van der Waals surface area contributed by atoms with Gasteiger partial charge in [-0.3, -0.25) is 0 Å². The molecule has 64 valence electrons. The first-order valence-electron chi connectivity index (χ1n) is 3.76. The molecule has 0 radical (unpaired) electrons. The van der Waals surface area contributed by atoms with Gasteiger partial charge < -0.3 is 4.40 Å². The van der Waals surface area contributed by atoms with Gasteiger partial charge in [0, 0.05) is 12.4 Å². The molecule has 0 saturated heterocycles. The van der Waals surface area contributed by atoms with Crippen molar-refractivity contribution < 1.29 is 0 Å². The van der Waals surface area contributed by atoms with Crippen LogP contribution < -0.4 is 0 Å². The molecule has 0 aliphatic rings. The summed E-state index contributed by atoms with van der Waals surface area (Å²) in [4.78, 5) is 4.06. The highest BCUT2D eigenvalue weighted by Gasteiger charge is 2.05. The third kappa shape index (κ3) is 1.16. The van der Waals surface area contributed by atoms with Crippen LogP contribution in [0.5, 0.6) is 0 Å². The lowest BCUT2D eigenvalue weighted by Gasteiger charge is -1.98. The molecule has 0 unspecified atom stereocenters. The Morgan fingerprint density at radius 2 is 2.38 bits per heavy atom. The lowest BCUT2D eigenvalue weighted by Crippen LogP contribution is -1.85. The third-order valence-corrected chi connectivity index (χ3v) is 2.34. The van der Waals surface area contributed by atoms with E-state index in [-0.39, 0.29) is 0 Å². The summed E-state index contributed by atoms with van der Waals surface area (Å²) in [6.07, 6.45) is 3.49. The normalized spacial score (nSPS) is 10.2. The first-order valence-corrected chi connectivity index (χ1v) is 4.14. The fourth-order valence-electron chi connectivity index (χ4n) is 1.17. The van der Waals surface area contributed by atoms with E-state index in [0.29, 0.717) is 16.4 Å². The molecule has 0 fully saturated rings. The molecule has 0 saturated carbocycles. The van der Waals surface area contributed by atoms with Crippen molar-refractivity contribution in [2.45, 2.75) is 6.92 Å². The Morgan fingerprint density at radius 3 is 3.08 bits per heavy atom. The average molecular weight is 192 g/mol. The molecule has 2 heterocycles. The van der Waals surface area contributed by atoms with E-state index in [1.54, 1.807) is 10.6 Å². The van der Waals surface area contributed by atoms with Crippen LogP contribution in [0.4, 0.5) is 0 Å². The molecule has 0 spiro atoms. The Hall–Kier alpha value is -1.53. The van der Waals surface area contributed by atoms with E-state index in [1.165, 1.54) is 0 Å². The molecule has 0 N–H and O–H groups in total. The van der Waals surface area contributed by atoms with Gasteiger partial charge in [-0.15, -0.1) is 0 Å². The molecule has 13 heavy (non-hydrogen) atoms. The summed E-state index contributed by atoms with van der Waals surface area (Å²) in [7, 11) is 0. The number of pyridine rings is 1. The topological polar surface area (TPSA) is 41.1 Å². The van der Waals surface area contributed by atoms with Crippen molar-refractivity contribution in [3.63, 3.8) is 0 Å². The predicted molar refractivity (Wildman–Crippen MR) is 49.7 cm³/mol. The van der Waals surface area contributed by atoms with Gasteiger partial charge in [0.15, 0.2) is 11.3 Å². The number of hydrogen-bond acceptors (Lipinski definition) is 2. The van der Waals surface area contributed by atoms with E-state index >= 15 is 0 Å². The van der Waals surface area contributed by atoms with Crippen LogP contribution in [0.1, 0.15) is 11.3 Å². The van der Waals surface area contributed by atoms with Crippen LogP contribution in [0.3, 0.4) is 0 Å². The zero-order valence-corrected chi connectivity index (χ0v) is 7.71. The first-order chi connectivity index (χ1) is 6.22. The maximum absolute atomic E-state index is 8.63. The van der Waals surface area contributed by atoms with Gasteiger partial charge in [-0.05, 0) is 18.6 Å². The van der Waals surface area contributed by atoms with Crippen LogP contribution in [-0.4, -0.2) is 9.38 Å². The van der Waals surface area contributed by atoms with Gasteiger partial charge in [0.1, 0.15) is 6.07 Å². The maximum atomic E-state index is 8.63. The Balaban J connectivity index is 2.86. The number of fused-ring (bicyclic) bond motifs is 1. The summed E-state index contributed by atoms with van der Waals surface area (Å²) in [5.74, 6) is 0. The number of nitrogens with zero attached hydrogens (tertiary/aromatic N) is 3. The Bertz CT molecular complexity index is 507. The molecule has 0 aliphatic carbocycles. The summed E-state index contributed by atoms with van der Waals surface area (Å²) in [6, 6.07) is 3.86. The highest BCUT2D eigenvalue weighted by molar-refractivity contribution is 6.34. The predicted octanol–water partition coefficient (Wildman–Crippen LogP) is 2.17. The van der Waals surface area contributed by atoms with Crippen molar-refractivity contribution in [1.29, 1.82) is 5.26 Å². The monoisotopic (exact) mass is 191 g/mol. The van der Waals surface area contributed by atoms with Gasteiger partial charge in [-0.25, -0.2) is 4.98 Å². The van der Waals surface area contributed by atoms with E-state index in [4.69, 9.17) is 16.9 Å². The second-order valence-corrected chi connectivity index (χ2v) is 3.16. The number of imidazole rings is 1. The quantitative estimate of drug-likeness (QED) is 0.641. The lowest BCUT2D eigenvalue weighted by molar-refractivity contribution is 1.17. The van der Waals surface area contributed by atoms with Crippen LogP contribution in [0, 0.1) is 18.3 Å². The molecule has 2 rings (SSSR count). The van der Waals surface area contributed by atoms with Gasteiger partial charge >= 0.3 is 0 Å². The number of aryl methyl sites for hydroxylation is 1. The van der Waals surface area contributed by atoms with Crippen LogP contribution in [0.15, 0.2) is 18.5 Å². The van der Waals surface area contributed by atoms with Crippen molar-refractivity contribution >= 4 is 17.2 Å². The molecule has 3 nitrogen and oxygen atoms in total. The molecular formula is C9H6ClN3. The Morgan fingerprint density at radius 1 is 1.62 bits per heavy atom. The van der Waals surface area contributed by atoms with E-state index in [1.807, 2.05) is 25.3 Å². The Labute approximate surface area is 80.2 Å². The van der Waals surface area contributed by atoms with Crippen molar-refractivity contribution in [2.75, 3.05) is 0 Å². The molecular weight excluding hydrogens is 186 g/mol. The summed E-state index contributed by atoms with van der Waals surface area (Å²) in [6.45, 7) is 1.91. The summed E-state index contributed by atoms with van der Waals surface area (Å²) >= 11 is 6.00. The van der Waals surface area contributed by atoms with Crippen LogP contribution in [0.25, 0.3) is 5.65 Å². The number of aromatic nitrogens is 2. The maximum Gasteiger partial charge on any atom is 0.159 e. The minimum Gasteiger partial charge on any atom is -0.304 e. The fourth-order valence-corrected chi connectivity index (χ4v) is 1.37. The van der Waals surface area contributed by atoms with E-state index < -0.39 is 0 Å². The molecule has 0 atom stereocenters. The van der Waals surface area contributed by atoms with E-state index in [9.17, 15) is 0 Å². The molecule has 0 aromatic carbocycles. The summed E-state index contributed by atoms with van der Waals surface area (Å²) in [5, 5.41) is 9.23. The van der Waals surface area contributed by atoms with E-state index in [2.05, 4.69) is 4.98 Å². The molecule has 4 heteroatoms. The zero-order valence-electron chi connectivity index (χ0n) is 6.95. The SMILES string of the molecule is Cc1ccn2cc(C#N)nc2c1Cl. The molecule has 0 bridgehead atoms. The lowest BCUT2D eigenvalue weighted by atomic mass is 10.3. The number of rotatable bonds is 0. The fraction of sp³-hybridized carbons (Fsp3) is 0.111.